The van der Waals surface area contributed by atoms with Crippen molar-refractivity contribution in [1.29, 1.82) is 0 Å². The summed E-state index contributed by atoms with van der Waals surface area (Å²) in [6.07, 6.45) is 2.70. The van der Waals surface area contributed by atoms with E-state index in [0.717, 1.165) is 17.7 Å². The molecule has 2 atom stereocenters. The molecule has 2 aromatic carbocycles. The van der Waals surface area contributed by atoms with E-state index in [-0.39, 0.29) is 17.8 Å². The van der Waals surface area contributed by atoms with Crippen molar-refractivity contribution in [2.24, 2.45) is 0 Å². The minimum Gasteiger partial charge on any atom is -0.504 e. The third-order valence-corrected chi connectivity index (χ3v) is 4.19. The van der Waals surface area contributed by atoms with Gasteiger partial charge in [0.15, 0.2) is 11.5 Å². The lowest BCUT2D eigenvalue weighted by molar-refractivity contribution is 0.215. The van der Waals surface area contributed by atoms with Gasteiger partial charge in [-0.15, -0.1) is 6.58 Å². The van der Waals surface area contributed by atoms with Crippen molar-refractivity contribution in [3.8, 4) is 17.2 Å². The van der Waals surface area contributed by atoms with Gasteiger partial charge < -0.3 is 14.6 Å². The summed E-state index contributed by atoms with van der Waals surface area (Å²) in [6, 6.07) is 11.7. The van der Waals surface area contributed by atoms with E-state index < -0.39 is 0 Å². The zero-order valence-electron chi connectivity index (χ0n) is 12.9. The van der Waals surface area contributed by atoms with Crippen molar-refractivity contribution < 1.29 is 14.6 Å². The van der Waals surface area contributed by atoms with Crippen LogP contribution < -0.4 is 9.47 Å². The van der Waals surface area contributed by atoms with E-state index in [1.165, 1.54) is 11.1 Å². The van der Waals surface area contributed by atoms with Gasteiger partial charge in [0.25, 0.3) is 0 Å². The molecule has 2 aromatic rings. The number of phenols is 1. The molecule has 0 amide bonds. The van der Waals surface area contributed by atoms with Crippen molar-refractivity contribution in [3.63, 3.8) is 0 Å². The van der Waals surface area contributed by atoms with Crippen LogP contribution in [0.2, 0.25) is 0 Å². The second-order valence-electron chi connectivity index (χ2n) is 5.62. The highest BCUT2D eigenvalue weighted by Crippen LogP contribution is 2.47. The number of phenolic OH excluding ortho intramolecular Hbond substituents is 1. The summed E-state index contributed by atoms with van der Waals surface area (Å²) < 4.78 is 11.3. The summed E-state index contributed by atoms with van der Waals surface area (Å²) in [5.74, 6) is 1.78. The maximum atomic E-state index is 9.74. The number of allylic oxidation sites excluding steroid dienone is 1. The number of hydrogen-bond donors (Lipinski definition) is 1. The summed E-state index contributed by atoms with van der Waals surface area (Å²) in [4.78, 5) is 0. The molecule has 0 bridgehead atoms. The van der Waals surface area contributed by atoms with Crippen molar-refractivity contribution in [2.45, 2.75) is 25.4 Å². The molecule has 0 saturated heterocycles. The van der Waals surface area contributed by atoms with Gasteiger partial charge in [0.2, 0.25) is 0 Å². The first kappa shape index (κ1) is 14.5. The Morgan fingerprint density at radius 3 is 2.82 bits per heavy atom. The summed E-state index contributed by atoms with van der Waals surface area (Å²) in [5.41, 5.74) is 3.47. The van der Waals surface area contributed by atoms with Gasteiger partial charge in [-0.3, -0.25) is 0 Å². The van der Waals surface area contributed by atoms with Crippen molar-refractivity contribution >= 4 is 0 Å². The highest BCUT2D eigenvalue weighted by Gasteiger charge is 2.32. The molecule has 114 valence electrons. The molecule has 1 aliphatic heterocycles. The molecular weight excluding hydrogens is 276 g/mol. The summed E-state index contributed by atoms with van der Waals surface area (Å²) in [6.45, 7) is 5.95. The molecule has 1 aliphatic rings. The van der Waals surface area contributed by atoms with Gasteiger partial charge in [0, 0.05) is 11.5 Å². The molecule has 1 N–H and O–H groups in total. The standard InChI is InChI=1S/C19H20O3/c1-4-5-13-6-9-17-15(10-13)12(2)19(22-17)14-7-8-16(20)18(11-14)21-3/h4,6-12,19-20H,1,5H2,2-3H3. The number of ether oxygens (including phenoxy) is 2. The van der Waals surface area contributed by atoms with Crippen molar-refractivity contribution in [1.82, 2.24) is 0 Å². The maximum Gasteiger partial charge on any atom is 0.160 e. The first-order valence-electron chi connectivity index (χ1n) is 7.41. The van der Waals surface area contributed by atoms with Gasteiger partial charge in [-0.2, -0.15) is 0 Å². The molecule has 1 heterocycles. The lowest BCUT2D eigenvalue weighted by Crippen LogP contribution is -2.07. The molecule has 3 nitrogen and oxygen atoms in total. The molecule has 0 fully saturated rings. The topological polar surface area (TPSA) is 38.7 Å². The quantitative estimate of drug-likeness (QED) is 0.852. The van der Waals surface area contributed by atoms with Crippen molar-refractivity contribution in [3.05, 3.63) is 65.7 Å². The van der Waals surface area contributed by atoms with Crippen LogP contribution in [-0.4, -0.2) is 12.2 Å². The van der Waals surface area contributed by atoms with Crippen LogP contribution in [0.3, 0.4) is 0 Å². The van der Waals surface area contributed by atoms with E-state index in [0.29, 0.717) is 5.75 Å². The van der Waals surface area contributed by atoms with Gasteiger partial charge in [-0.05, 0) is 35.7 Å². The first-order chi connectivity index (χ1) is 10.6. The molecule has 0 radical (unpaired) electrons. The lowest BCUT2D eigenvalue weighted by atomic mass is 9.91. The van der Waals surface area contributed by atoms with Gasteiger partial charge in [-0.1, -0.05) is 31.2 Å². The minimum atomic E-state index is -0.0662. The Kier molecular flexibility index (Phi) is 3.80. The zero-order valence-corrected chi connectivity index (χ0v) is 12.9. The third-order valence-electron chi connectivity index (χ3n) is 4.19. The molecular formula is C19H20O3. The Bertz CT molecular complexity index is 706. The summed E-state index contributed by atoms with van der Waals surface area (Å²) in [5, 5.41) is 9.74. The SMILES string of the molecule is C=CCc1ccc2c(c1)C(C)C(c1ccc(O)c(OC)c1)O2. The minimum absolute atomic E-state index is 0.0662. The van der Waals surface area contributed by atoms with E-state index >= 15 is 0 Å². The molecule has 0 saturated carbocycles. The van der Waals surface area contributed by atoms with Crippen LogP contribution in [0.4, 0.5) is 0 Å². The van der Waals surface area contributed by atoms with E-state index in [9.17, 15) is 5.11 Å². The van der Waals surface area contributed by atoms with Crippen LogP contribution in [0.25, 0.3) is 0 Å². The predicted molar refractivity (Wildman–Crippen MR) is 86.8 cm³/mol. The van der Waals surface area contributed by atoms with Crippen LogP contribution in [0.15, 0.2) is 49.1 Å². The average molecular weight is 296 g/mol. The molecule has 3 heteroatoms. The first-order valence-corrected chi connectivity index (χ1v) is 7.41. The van der Waals surface area contributed by atoms with Crippen LogP contribution in [-0.2, 0) is 6.42 Å². The number of methoxy groups -OCH3 is 1. The molecule has 0 aromatic heterocycles. The van der Waals surface area contributed by atoms with E-state index in [4.69, 9.17) is 9.47 Å². The van der Waals surface area contributed by atoms with Gasteiger partial charge in [0.05, 0.1) is 7.11 Å². The van der Waals surface area contributed by atoms with Gasteiger partial charge in [-0.25, -0.2) is 0 Å². The predicted octanol–water partition coefficient (Wildman–Crippen LogP) is 4.37. The highest BCUT2D eigenvalue weighted by atomic mass is 16.5. The maximum absolute atomic E-state index is 9.74. The molecule has 2 unspecified atom stereocenters. The molecule has 0 spiro atoms. The van der Waals surface area contributed by atoms with Crippen LogP contribution in [0.5, 0.6) is 17.2 Å². The Morgan fingerprint density at radius 2 is 2.09 bits per heavy atom. The number of aromatic hydroxyl groups is 1. The largest absolute Gasteiger partial charge is 0.504 e. The Balaban J connectivity index is 1.93. The molecule has 0 aliphatic carbocycles. The van der Waals surface area contributed by atoms with Crippen LogP contribution in [0.1, 0.15) is 35.6 Å². The number of hydrogen-bond acceptors (Lipinski definition) is 3. The molecule has 22 heavy (non-hydrogen) atoms. The summed E-state index contributed by atoms with van der Waals surface area (Å²) in [7, 11) is 1.55. The number of benzene rings is 2. The zero-order chi connectivity index (χ0) is 15.7. The Morgan fingerprint density at radius 1 is 1.27 bits per heavy atom. The second kappa shape index (κ2) is 5.76. The smallest absolute Gasteiger partial charge is 0.160 e. The fourth-order valence-electron chi connectivity index (χ4n) is 2.98. The molecule has 3 rings (SSSR count). The Labute approximate surface area is 130 Å². The lowest BCUT2D eigenvalue weighted by Gasteiger charge is -2.17. The summed E-state index contributed by atoms with van der Waals surface area (Å²) >= 11 is 0. The number of rotatable bonds is 4. The van der Waals surface area contributed by atoms with Gasteiger partial charge in [0.1, 0.15) is 11.9 Å². The van der Waals surface area contributed by atoms with E-state index in [2.05, 4.69) is 25.6 Å². The Hall–Kier alpha value is -2.42. The van der Waals surface area contributed by atoms with E-state index in [1.54, 1.807) is 13.2 Å². The highest BCUT2D eigenvalue weighted by molar-refractivity contribution is 5.48. The number of fused-ring (bicyclic) bond motifs is 1. The second-order valence-corrected chi connectivity index (χ2v) is 5.62. The van der Waals surface area contributed by atoms with E-state index in [1.807, 2.05) is 24.3 Å². The fraction of sp³-hybridized carbons (Fsp3) is 0.263. The van der Waals surface area contributed by atoms with Crippen molar-refractivity contribution in [2.75, 3.05) is 7.11 Å². The average Bonchev–Trinajstić information content (AvgIpc) is 2.85. The third kappa shape index (κ3) is 2.43. The van der Waals surface area contributed by atoms with Gasteiger partial charge >= 0.3 is 0 Å². The normalized spacial score (nSPS) is 19.4. The fourth-order valence-corrected chi connectivity index (χ4v) is 2.98. The van der Waals surface area contributed by atoms with Crippen LogP contribution in [0, 0.1) is 0 Å². The van der Waals surface area contributed by atoms with Crippen LogP contribution >= 0.6 is 0 Å². The monoisotopic (exact) mass is 296 g/mol.